The predicted molar refractivity (Wildman–Crippen MR) is 129 cm³/mol. The first-order chi connectivity index (χ1) is 15.5. The number of carbonyl (C=O) groups excluding carboxylic acids is 1. The van der Waals surface area contributed by atoms with Gasteiger partial charge >= 0.3 is 0 Å². The number of nitrogens with two attached hydrogens (primary N) is 1. The van der Waals surface area contributed by atoms with Gasteiger partial charge in [-0.05, 0) is 55.3 Å². The summed E-state index contributed by atoms with van der Waals surface area (Å²) in [5, 5.41) is 21.8. The maximum Gasteiger partial charge on any atom is 0.250 e. The monoisotopic (exact) mass is 447 g/mol. The van der Waals surface area contributed by atoms with E-state index in [2.05, 4.69) is 11.6 Å². The van der Waals surface area contributed by atoms with Gasteiger partial charge in [0.25, 0.3) is 0 Å². The Morgan fingerprint density at radius 2 is 1.97 bits per heavy atom. The van der Waals surface area contributed by atoms with Crippen molar-refractivity contribution in [1.82, 2.24) is 4.98 Å². The number of likely N-dealkylation sites (N-methyl/N-ethyl adjacent to an activating group) is 1. The summed E-state index contributed by atoms with van der Waals surface area (Å²) in [6, 6.07) is 13.6. The molecule has 33 heavy (non-hydrogen) atoms. The highest BCUT2D eigenvalue weighted by Gasteiger charge is 2.23. The highest BCUT2D eigenvalue weighted by atomic mass is 19.1. The first-order valence-electron chi connectivity index (χ1n) is 10.5. The van der Waals surface area contributed by atoms with Crippen LogP contribution in [-0.2, 0) is 10.4 Å². The van der Waals surface area contributed by atoms with Crippen LogP contribution >= 0.6 is 0 Å². The van der Waals surface area contributed by atoms with Crippen molar-refractivity contribution in [3.63, 3.8) is 0 Å². The number of halogens is 1. The molecule has 4 rings (SSSR count). The maximum atomic E-state index is 15.5. The van der Waals surface area contributed by atoms with E-state index in [0.717, 1.165) is 5.39 Å². The SMILES string of the molecule is C=CC(=O)N(C)c1cccc(-c2c(F)cc(C(N)O)c3[nH]c4cc(C(C)(C)O)ccc4c23)c1. The molecular weight excluding hydrogens is 421 g/mol. The number of aromatic nitrogens is 1. The van der Waals surface area contributed by atoms with Gasteiger partial charge in [0.2, 0.25) is 5.91 Å². The number of benzene rings is 3. The van der Waals surface area contributed by atoms with Crippen molar-refractivity contribution < 1.29 is 19.4 Å². The second-order valence-electron chi connectivity index (χ2n) is 8.61. The number of nitrogens with one attached hydrogen (secondary N) is 1. The molecule has 0 spiro atoms. The fourth-order valence-corrected chi connectivity index (χ4v) is 4.10. The van der Waals surface area contributed by atoms with Crippen molar-refractivity contribution in [2.24, 2.45) is 5.73 Å². The lowest BCUT2D eigenvalue weighted by molar-refractivity contribution is -0.113. The molecule has 170 valence electrons. The van der Waals surface area contributed by atoms with E-state index in [-0.39, 0.29) is 11.5 Å². The average molecular weight is 448 g/mol. The number of aromatic amines is 1. The Balaban J connectivity index is 2.05. The molecule has 1 aromatic heterocycles. The zero-order valence-corrected chi connectivity index (χ0v) is 18.7. The van der Waals surface area contributed by atoms with E-state index in [1.165, 1.54) is 17.0 Å². The minimum absolute atomic E-state index is 0.224. The van der Waals surface area contributed by atoms with Gasteiger partial charge in [0, 0.05) is 40.2 Å². The summed E-state index contributed by atoms with van der Waals surface area (Å²) in [4.78, 5) is 16.7. The molecule has 4 aromatic rings. The fourth-order valence-electron chi connectivity index (χ4n) is 4.10. The molecule has 6 nitrogen and oxygen atoms in total. The van der Waals surface area contributed by atoms with Crippen LogP contribution < -0.4 is 10.6 Å². The van der Waals surface area contributed by atoms with E-state index in [1.54, 1.807) is 57.3 Å². The third-order valence-electron chi connectivity index (χ3n) is 5.91. The van der Waals surface area contributed by atoms with Gasteiger partial charge in [-0.25, -0.2) is 4.39 Å². The van der Waals surface area contributed by atoms with Crippen molar-refractivity contribution >= 4 is 33.4 Å². The summed E-state index contributed by atoms with van der Waals surface area (Å²) in [6.45, 7) is 6.88. The number of aliphatic hydroxyl groups is 2. The van der Waals surface area contributed by atoms with Crippen LogP contribution in [0.3, 0.4) is 0 Å². The van der Waals surface area contributed by atoms with Crippen LogP contribution in [-0.4, -0.2) is 28.2 Å². The number of nitrogens with zero attached hydrogens (tertiary/aromatic N) is 1. The second kappa shape index (κ2) is 8.12. The van der Waals surface area contributed by atoms with Crippen LogP contribution in [0.2, 0.25) is 0 Å². The van der Waals surface area contributed by atoms with Crippen LogP contribution in [0.4, 0.5) is 10.1 Å². The number of H-pyrrole nitrogens is 1. The van der Waals surface area contributed by atoms with Crippen LogP contribution in [0.5, 0.6) is 0 Å². The zero-order chi connectivity index (χ0) is 24.1. The van der Waals surface area contributed by atoms with E-state index in [4.69, 9.17) is 5.73 Å². The Morgan fingerprint density at radius 1 is 1.24 bits per heavy atom. The van der Waals surface area contributed by atoms with E-state index in [0.29, 0.717) is 38.8 Å². The summed E-state index contributed by atoms with van der Waals surface area (Å²) < 4.78 is 15.5. The largest absolute Gasteiger partial charge is 0.386 e. The third-order valence-corrected chi connectivity index (χ3v) is 5.91. The number of carbonyl (C=O) groups is 1. The first-order valence-corrected chi connectivity index (χ1v) is 10.5. The standard InChI is InChI=1S/C26H26FN3O3/c1-5-21(31)30(4)16-8-6-7-14(11-16)22-19(27)13-18(25(28)32)24-23(22)17-10-9-15(26(2,3)33)12-20(17)29-24/h5-13,25,29,32-33H,1,28H2,2-4H3. The van der Waals surface area contributed by atoms with Gasteiger partial charge in [0.15, 0.2) is 0 Å². The minimum Gasteiger partial charge on any atom is -0.386 e. The molecule has 1 unspecified atom stereocenters. The number of hydrogen-bond acceptors (Lipinski definition) is 4. The van der Waals surface area contributed by atoms with Crippen molar-refractivity contribution in [2.45, 2.75) is 25.7 Å². The molecule has 0 aliphatic heterocycles. The van der Waals surface area contributed by atoms with Gasteiger partial charge in [-0.3, -0.25) is 4.79 Å². The lowest BCUT2D eigenvalue weighted by Gasteiger charge is -2.18. The van der Waals surface area contributed by atoms with E-state index < -0.39 is 17.6 Å². The molecule has 0 saturated carbocycles. The molecule has 1 atom stereocenters. The fraction of sp³-hybridized carbons (Fsp3) is 0.192. The van der Waals surface area contributed by atoms with Gasteiger partial charge in [-0.1, -0.05) is 30.8 Å². The third kappa shape index (κ3) is 3.91. The summed E-state index contributed by atoms with van der Waals surface area (Å²) in [6.07, 6.45) is -0.177. The van der Waals surface area contributed by atoms with Gasteiger partial charge in [0.05, 0.1) is 11.1 Å². The van der Waals surface area contributed by atoms with Crippen LogP contribution in [0.1, 0.15) is 31.2 Å². The van der Waals surface area contributed by atoms with Crippen molar-refractivity contribution in [3.05, 3.63) is 78.1 Å². The van der Waals surface area contributed by atoms with Crippen LogP contribution in [0.25, 0.3) is 32.9 Å². The molecular formula is C26H26FN3O3. The topological polar surface area (TPSA) is 103 Å². The molecule has 7 heteroatoms. The minimum atomic E-state index is -1.39. The molecule has 1 amide bonds. The van der Waals surface area contributed by atoms with Gasteiger partial charge in [-0.15, -0.1) is 0 Å². The normalized spacial score (nSPS) is 12.8. The summed E-state index contributed by atoms with van der Waals surface area (Å²) in [5.74, 6) is -0.838. The zero-order valence-electron chi connectivity index (χ0n) is 18.7. The van der Waals surface area contributed by atoms with Crippen LogP contribution in [0, 0.1) is 5.82 Å². The van der Waals surface area contributed by atoms with Gasteiger partial charge in [-0.2, -0.15) is 0 Å². The van der Waals surface area contributed by atoms with Gasteiger partial charge < -0.3 is 25.8 Å². The number of fused-ring (bicyclic) bond motifs is 3. The van der Waals surface area contributed by atoms with Crippen molar-refractivity contribution in [3.8, 4) is 11.1 Å². The van der Waals surface area contributed by atoms with E-state index in [9.17, 15) is 15.0 Å². The number of anilines is 1. The van der Waals surface area contributed by atoms with Crippen molar-refractivity contribution in [2.75, 3.05) is 11.9 Å². The molecule has 1 heterocycles. The highest BCUT2D eigenvalue weighted by Crippen LogP contribution is 2.41. The van der Waals surface area contributed by atoms with E-state index >= 15 is 4.39 Å². The number of hydrogen-bond donors (Lipinski definition) is 4. The molecule has 5 N–H and O–H groups in total. The Bertz CT molecular complexity index is 1400. The molecule has 0 saturated heterocycles. The second-order valence-corrected chi connectivity index (χ2v) is 8.61. The highest BCUT2D eigenvalue weighted by molar-refractivity contribution is 6.15. The first kappa shape index (κ1) is 22.7. The Kier molecular flexibility index (Phi) is 5.57. The van der Waals surface area contributed by atoms with Crippen LogP contribution in [0.15, 0.2) is 61.2 Å². The lowest BCUT2D eigenvalue weighted by atomic mass is 9.93. The molecule has 0 aliphatic rings. The lowest BCUT2D eigenvalue weighted by Crippen LogP contribution is -2.23. The summed E-state index contributed by atoms with van der Waals surface area (Å²) in [7, 11) is 1.62. The number of aliphatic hydroxyl groups excluding tert-OH is 1. The Labute approximate surface area is 190 Å². The van der Waals surface area contributed by atoms with Gasteiger partial charge in [0.1, 0.15) is 12.0 Å². The van der Waals surface area contributed by atoms with E-state index in [1.807, 2.05) is 6.07 Å². The molecule has 0 fully saturated rings. The molecule has 3 aromatic carbocycles. The Hall–Kier alpha value is -3.52. The summed E-state index contributed by atoms with van der Waals surface area (Å²) >= 11 is 0. The molecule has 0 radical (unpaired) electrons. The Morgan fingerprint density at radius 3 is 2.61 bits per heavy atom. The number of rotatable bonds is 5. The molecule has 0 bridgehead atoms. The smallest absolute Gasteiger partial charge is 0.250 e. The number of amides is 1. The predicted octanol–water partition coefficient (Wildman–Crippen LogP) is 4.45. The quantitative estimate of drug-likeness (QED) is 0.268. The maximum absolute atomic E-state index is 15.5. The molecule has 0 aliphatic carbocycles. The van der Waals surface area contributed by atoms with Crippen molar-refractivity contribution in [1.29, 1.82) is 0 Å². The average Bonchev–Trinajstić information content (AvgIpc) is 3.15. The summed E-state index contributed by atoms with van der Waals surface area (Å²) in [5.41, 5.74) is 8.23.